The molecule has 0 heterocycles. The summed E-state index contributed by atoms with van der Waals surface area (Å²) >= 11 is 0. The summed E-state index contributed by atoms with van der Waals surface area (Å²) in [4.78, 5) is 0. The van der Waals surface area contributed by atoms with Gasteiger partial charge >= 0.3 is 0 Å². The van der Waals surface area contributed by atoms with Gasteiger partial charge in [-0.05, 0) is 13.8 Å². The van der Waals surface area contributed by atoms with Gasteiger partial charge in [0.15, 0.2) is 0 Å². The maximum absolute atomic E-state index is 5.67. The van der Waals surface area contributed by atoms with E-state index < -0.39 is 0 Å². The van der Waals surface area contributed by atoms with Gasteiger partial charge in [-0.3, -0.25) is 6.04 Å². The van der Waals surface area contributed by atoms with Gasteiger partial charge in [0.2, 0.25) is 0 Å². The van der Waals surface area contributed by atoms with Crippen molar-refractivity contribution < 1.29 is 19.5 Å². The van der Waals surface area contributed by atoms with Crippen LogP contribution in [0.15, 0.2) is 11.1 Å². The molecule has 0 aromatic heterocycles. The first-order chi connectivity index (χ1) is 4.20. The Hall–Kier alpha value is 0.323. The smallest absolute Gasteiger partial charge is 0 e. The van der Waals surface area contributed by atoms with Gasteiger partial charge in [-0.15, -0.1) is 12.0 Å². The molecule has 0 aromatic rings. The monoisotopic (exact) mass is 188 g/mol. The van der Waals surface area contributed by atoms with Gasteiger partial charge in [0.1, 0.15) is 0 Å². The molecule has 2 N–H and O–H groups in total. The topological polar surface area (TPSA) is 26.0 Å². The first-order valence-corrected chi connectivity index (χ1v) is 3.45. The van der Waals surface area contributed by atoms with Crippen LogP contribution in [-0.2, 0) is 19.5 Å². The fraction of sp³-hybridized carbons (Fsp3) is 0.625. The van der Waals surface area contributed by atoms with E-state index in [-0.39, 0.29) is 19.5 Å². The summed E-state index contributed by atoms with van der Waals surface area (Å²) in [5.41, 5.74) is 8.67. The summed E-state index contributed by atoms with van der Waals surface area (Å²) in [5, 5.41) is 0. The first-order valence-electron chi connectivity index (χ1n) is 3.45. The Labute approximate surface area is 75.8 Å². The molecule has 0 atom stereocenters. The molecule has 0 aromatic carbocycles. The average molecular weight is 190 g/mol. The van der Waals surface area contributed by atoms with Crippen molar-refractivity contribution in [1.29, 1.82) is 0 Å². The van der Waals surface area contributed by atoms with Crippen molar-refractivity contribution in [1.82, 2.24) is 0 Å². The second-order valence-corrected chi connectivity index (χ2v) is 2.90. The van der Waals surface area contributed by atoms with Crippen LogP contribution in [0.1, 0.15) is 33.1 Å². The van der Waals surface area contributed by atoms with E-state index in [4.69, 9.17) is 5.73 Å². The second-order valence-electron chi connectivity index (χ2n) is 2.90. The van der Waals surface area contributed by atoms with E-state index in [0.717, 1.165) is 18.9 Å². The Bertz CT molecular complexity index is 140. The molecule has 0 bridgehead atoms. The summed E-state index contributed by atoms with van der Waals surface area (Å²) in [7, 11) is 0. The van der Waals surface area contributed by atoms with Crippen LogP contribution in [0.25, 0.3) is 0 Å². The summed E-state index contributed by atoms with van der Waals surface area (Å²) in [5.74, 6) is 0. The van der Waals surface area contributed by atoms with Gasteiger partial charge < -0.3 is 5.73 Å². The van der Waals surface area contributed by atoms with Crippen molar-refractivity contribution in [3.05, 3.63) is 17.2 Å². The Morgan fingerprint density at radius 2 is 1.90 bits per heavy atom. The van der Waals surface area contributed by atoms with Crippen molar-refractivity contribution in [3.8, 4) is 0 Å². The maximum Gasteiger partial charge on any atom is 0 e. The molecule has 10 heavy (non-hydrogen) atoms. The van der Waals surface area contributed by atoms with Crippen LogP contribution < -0.4 is 5.73 Å². The standard InChI is InChI=1S/C8H14N.Zn/c1-6-3-4-8(9)5-7(6)2;/h3-5,9H2,1-2H3;/q-1;. The van der Waals surface area contributed by atoms with Crippen molar-refractivity contribution in [2.45, 2.75) is 33.1 Å². The van der Waals surface area contributed by atoms with Crippen LogP contribution in [-0.4, -0.2) is 0 Å². The molecule has 1 nitrogen and oxygen atoms in total. The number of allylic oxidation sites excluding steroid dienone is 1. The van der Waals surface area contributed by atoms with Crippen LogP contribution in [0, 0.1) is 6.04 Å². The number of hydrogen-bond acceptors (Lipinski definition) is 1. The molecule has 1 rings (SSSR count). The summed E-state index contributed by atoms with van der Waals surface area (Å²) in [6.45, 7) is 4.36. The van der Waals surface area contributed by atoms with Crippen LogP contribution in [0.5, 0.6) is 0 Å². The molecular weight excluding hydrogens is 175 g/mol. The zero-order chi connectivity index (χ0) is 6.85. The third kappa shape index (κ3) is 2.51. The third-order valence-corrected chi connectivity index (χ3v) is 2.04. The maximum atomic E-state index is 5.67. The molecule has 1 aliphatic carbocycles. The van der Waals surface area contributed by atoms with E-state index in [9.17, 15) is 0 Å². The molecule has 0 amide bonds. The summed E-state index contributed by atoms with van der Waals surface area (Å²) < 4.78 is 0. The predicted molar refractivity (Wildman–Crippen MR) is 39.7 cm³/mol. The van der Waals surface area contributed by atoms with Crippen LogP contribution in [0.4, 0.5) is 0 Å². The summed E-state index contributed by atoms with van der Waals surface area (Å²) in [6, 6.07) is 1.15. The number of rotatable bonds is 0. The van der Waals surface area contributed by atoms with Gasteiger partial charge in [0, 0.05) is 19.5 Å². The van der Waals surface area contributed by atoms with Gasteiger partial charge in [-0.1, -0.05) is 12.0 Å². The number of hydrogen-bond donors (Lipinski definition) is 1. The fourth-order valence-corrected chi connectivity index (χ4v) is 1.14. The normalized spacial score (nSPS) is 20.7. The van der Waals surface area contributed by atoms with E-state index >= 15 is 0 Å². The minimum absolute atomic E-state index is 0. The van der Waals surface area contributed by atoms with Gasteiger partial charge in [0.05, 0.1) is 0 Å². The largest absolute Gasteiger partial charge is 0.480 e. The van der Waals surface area contributed by atoms with E-state index in [1.807, 2.05) is 0 Å². The van der Waals surface area contributed by atoms with Gasteiger partial charge in [-0.2, -0.15) is 6.42 Å². The van der Waals surface area contributed by atoms with Crippen LogP contribution in [0.3, 0.4) is 0 Å². The summed E-state index contributed by atoms with van der Waals surface area (Å²) in [6.07, 6.45) is 3.31. The molecule has 0 unspecified atom stereocenters. The molecule has 54 valence electrons. The van der Waals surface area contributed by atoms with E-state index in [0.29, 0.717) is 0 Å². The minimum atomic E-state index is 0. The fourth-order valence-electron chi connectivity index (χ4n) is 1.14. The van der Waals surface area contributed by atoms with Crippen LogP contribution >= 0.6 is 0 Å². The molecule has 0 aliphatic heterocycles. The second kappa shape index (κ2) is 4.25. The quantitative estimate of drug-likeness (QED) is 0.352. The van der Waals surface area contributed by atoms with E-state index in [1.165, 1.54) is 17.6 Å². The zero-order valence-corrected chi connectivity index (χ0v) is 9.87. The van der Waals surface area contributed by atoms with Crippen molar-refractivity contribution in [2.75, 3.05) is 0 Å². The first kappa shape index (κ1) is 10.3. The molecule has 1 aliphatic rings. The molecular formula is C8H14NZn-. The van der Waals surface area contributed by atoms with Crippen LogP contribution in [0.2, 0.25) is 0 Å². The molecule has 0 radical (unpaired) electrons. The van der Waals surface area contributed by atoms with E-state index in [1.54, 1.807) is 0 Å². The van der Waals surface area contributed by atoms with E-state index in [2.05, 4.69) is 13.8 Å². The molecule has 2 heteroatoms. The number of nitrogens with two attached hydrogens (primary N) is 1. The SMILES string of the molecule is CC1=C(C)C[C-](N)CC1.[Zn]. The Balaban J connectivity index is 0.000000810. The van der Waals surface area contributed by atoms with Crippen molar-refractivity contribution in [3.63, 3.8) is 0 Å². The van der Waals surface area contributed by atoms with Crippen molar-refractivity contribution in [2.24, 2.45) is 5.73 Å². The Morgan fingerprint density at radius 1 is 1.30 bits per heavy atom. The molecule has 0 spiro atoms. The molecule has 0 saturated heterocycles. The Morgan fingerprint density at radius 3 is 2.30 bits per heavy atom. The molecule has 0 saturated carbocycles. The average Bonchev–Trinajstić information content (AvgIpc) is 1.80. The third-order valence-electron chi connectivity index (χ3n) is 2.04. The zero-order valence-electron chi connectivity index (χ0n) is 6.91. The van der Waals surface area contributed by atoms with Crippen molar-refractivity contribution >= 4 is 0 Å². The van der Waals surface area contributed by atoms with Gasteiger partial charge in [0.25, 0.3) is 0 Å². The predicted octanol–water partition coefficient (Wildman–Crippen LogP) is 1.99. The molecule has 0 fully saturated rings. The minimum Gasteiger partial charge on any atom is -0.480 e. The van der Waals surface area contributed by atoms with Gasteiger partial charge in [-0.25, -0.2) is 0 Å². The Kier molecular flexibility index (Phi) is 4.39.